The van der Waals surface area contributed by atoms with E-state index in [0.29, 0.717) is 5.88 Å². The molecule has 0 saturated carbocycles. The standard InChI is InChI=1S/C22H33N5O/c1-17(2)28-22-20-14-18(7-8-21(20)23-16-24-22)27-12-10-26(11-13-27)15-19-6-4-5-9-25(19)3/h7-8,14,16-17,19H,4-6,9-13,15H2,1-3H3. The number of hydrogen-bond donors (Lipinski definition) is 0. The summed E-state index contributed by atoms with van der Waals surface area (Å²) in [5.41, 5.74) is 2.18. The van der Waals surface area contributed by atoms with Gasteiger partial charge in [0, 0.05) is 44.5 Å². The third-order valence-electron chi connectivity index (χ3n) is 6.06. The first-order valence-electron chi connectivity index (χ1n) is 10.7. The highest BCUT2D eigenvalue weighted by Gasteiger charge is 2.24. The van der Waals surface area contributed by atoms with Crippen LogP contribution < -0.4 is 9.64 Å². The van der Waals surface area contributed by atoms with Crippen LogP contribution in [0.15, 0.2) is 24.5 Å². The molecule has 2 aliphatic rings. The Morgan fingerprint density at radius 2 is 1.89 bits per heavy atom. The average Bonchev–Trinajstić information content (AvgIpc) is 2.70. The molecule has 0 radical (unpaired) electrons. The summed E-state index contributed by atoms with van der Waals surface area (Å²) < 4.78 is 5.90. The number of rotatable bonds is 5. The largest absolute Gasteiger partial charge is 0.474 e. The van der Waals surface area contributed by atoms with Gasteiger partial charge in [0.05, 0.1) is 17.0 Å². The summed E-state index contributed by atoms with van der Waals surface area (Å²) in [7, 11) is 2.29. The fourth-order valence-electron chi connectivity index (χ4n) is 4.40. The average molecular weight is 384 g/mol. The Balaban J connectivity index is 1.42. The predicted molar refractivity (Wildman–Crippen MR) is 114 cm³/mol. The molecule has 28 heavy (non-hydrogen) atoms. The van der Waals surface area contributed by atoms with Crippen LogP contribution in [0.1, 0.15) is 33.1 Å². The third kappa shape index (κ3) is 4.39. The number of fused-ring (bicyclic) bond motifs is 1. The zero-order valence-electron chi connectivity index (χ0n) is 17.5. The Morgan fingerprint density at radius 3 is 2.64 bits per heavy atom. The van der Waals surface area contributed by atoms with Crippen LogP contribution in [0.2, 0.25) is 0 Å². The molecule has 0 amide bonds. The Labute approximate surface area is 168 Å². The lowest BCUT2D eigenvalue weighted by atomic mass is 10.0. The van der Waals surface area contributed by atoms with E-state index in [4.69, 9.17) is 4.74 Å². The van der Waals surface area contributed by atoms with Crippen LogP contribution in [-0.2, 0) is 0 Å². The molecule has 6 heteroatoms. The van der Waals surface area contributed by atoms with Crippen LogP contribution in [0.3, 0.4) is 0 Å². The molecule has 1 unspecified atom stereocenters. The molecule has 2 aliphatic heterocycles. The van der Waals surface area contributed by atoms with E-state index in [1.54, 1.807) is 6.33 Å². The zero-order chi connectivity index (χ0) is 19.5. The number of piperazine rings is 1. The van der Waals surface area contributed by atoms with Gasteiger partial charge in [0.15, 0.2) is 0 Å². The number of likely N-dealkylation sites (N-methyl/N-ethyl adjacent to an activating group) is 1. The van der Waals surface area contributed by atoms with Crippen molar-refractivity contribution in [2.75, 3.05) is 51.2 Å². The van der Waals surface area contributed by atoms with E-state index < -0.39 is 0 Å². The molecule has 4 rings (SSSR count). The highest BCUT2D eigenvalue weighted by atomic mass is 16.5. The van der Waals surface area contributed by atoms with Gasteiger partial charge in [-0.05, 0) is 58.5 Å². The van der Waals surface area contributed by atoms with Crippen LogP contribution in [0, 0.1) is 0 Å². The van der Waals surface area contributed by atoms with Crippen LogP contribution in [0.4, 0.5) is 5.69 Å². The lowest BCUT2D eigenvalue weighted by molar-refractivity contribution is 0.125. The molecule has 2 fully saturated rings. The topological polar surface area (TPSA) is 44.7 Å². The molecule has 1 aromatic heterocycles. The van der Waals surface area contributed by atoms with Crippen molar-refractivity contribution in [2.45, 2.75) is 45.3 Å². The first-order valence-corrected chi connectivity index (χ1v) is 10.7. The van der Waals surface area contributed by atoms with Gasteiger partial charge in [0.25, 0.3) is 0 Å². The summed E-state index contributed by atoms with van der Waals surface area (Å²) in [6.07, 6.45) is 5.77. The number of nitrogens with zero attached hydrogens (tertiary/aromatic N) is 5. The number of aromatic nitrogens is 2. The normalized spacial score (nSPS) is 22.1. The number of ether oxygens (including phenoxy) is 1. The van der Waals surface area contributed by atoms with Gasteiger partial charge in [-0.1, -0.05) is 6.42 Å². The van der Waals surface area contributed by atoms with Crippen LogP contribution in [0.25, 0.3) is 10.9 Å². The first-order chi connectivity index (χ1) is 13.6. The molecule has 2 aromatic rings. The molecule has 0 bridgehead atoms. The van der Waals surface area contributed by atoms with E-state index in [1.165, 1.54) is 38.0 Å². The van der Waals surface area contributed by atoms with Crippen molar-refractivity contribution < 1.29 is 4.74 Å². The second kappa shape index (κ2) is 8.62. The Bertz CT molecular complexity index is 788. The van der Waals surface area contributed by atoms with Crippen LogP contribution in [-0.4, -0.2) is 78.2 Å². The van der Waals surface area contributed by atoms with E-state index >= 15 is 0 Å². The first kappa shape index (κ1) is 19.4. The van der Waals surface area contributed by atoms with E-state index in [1.807, 2.05) is 13.8 Å². The maximum absolute atomic E-state index is 5.90. The van der Waals surface area contributed by atoms with E-state index in [0.717, 1.165) is 43.1 Å². The van der Waals surface area contributed by atoms with Crippen molar-refractivity contribution in [3.05, 3.63) is 24.5 Å². The molecule has 0 aliphatic carbocycles. The monoisotopic (exact) mass is 383 g/mol. The lowest BCUT2D eigenvalue weighted by Crippen LogP contribution is -2.51. The van der Waals surface area contributed by atoms with Crippen molar-refractivity contribution in [3.63, 3.8) is 0 Å². The SMILES string of the molecule is CC(C)Oc1ncnc2ccc(N3CCN(CC4CCCCN4C)CC3)cc12. The van der Waals surface area contributed by atoms with Gasteiger partial charge in [-0.3, -0.25) is 4.90 Å². The third-order valence-corrected chi connectivity index (χ3v) is 6.06. The van der Waals surface area contributed by atoms with Crippen molar-refractivity contribution in [2.24, 2.45) is 0 Å². The number of likely N-dealkylation sites (tertiary alicyclic amines) is 1. The van der Waals surface area contributed by atoms with Gasteiger partial charge < -0.3 is 14.5 Å². The quantitative estimate of drug-likeness (QED) is 0.791. The molecule has 0 spiro atoms. The Morgan fingerprint density at radius 1 is 1.07 bits per heavy atom. The van der Waals surface area contributed by atoms with Gasteiger partial charge >= 0.3 is 0 Å². The molecular formula is C22H33N5O. The van der Waals surface area contributed by atoms with Gasteiger partial charge in [-0.15, -0.1) is 0 Å². The zero-order valence-corrected chi connectivity index (χ0v) is 17.5. The highest BCUT2D eigenvalue weighted by molar-refractivity contribution is 5.86. The number of piperidine rings is 1. The summed E-state index contributed by atoms with van der Waals surface area (Å²) in [5, 5.41) is 1.000. The summed E-state index contributed by atoms with van der Waals surface area (Å²) >= 11 is 0. The van der Waals surface area contributed by atoms with Crippen molar-refractivity contribution in [1.29, 1.82) is 0 Å². The van der Waals surface area contributed by atoms with Crippen molar-refractivity contribution >= 4 is 16.6 Å². The molecule has 152 valence electrons. The number of hydrogen-bond acceptors (Lipinski definition) is 6. The van der Waals surface area contributed by atoms with Gasteiger partial charge in [0.1, 0.15) is 6.33 Å². The minimum Gasteiger partial charge on any atom is -0.474 e. The smallest absolute Gasteiger partial charge is 0.224 e. The van der Waals surface area contributed by atoms with Gasteiger partial charge in [-0.25, -0.2) is 9.97 Å². The van der Waals surface area contributed by atoms with Gasteiger partial charge in [0.2, 0.25) is 5.88 Å². The van der Waals surface area contributed by atoms with Crippen LogP contribution in [0.5, 0.6) is 5.88 Å². The molecule has 1 aromatic carbocycles. The van der Waals surface area contributed by atoms with Crippen molar-refractivity contribution in [3.8, 4) is 5.88 Å². The van der Waals surface area contributed by atoms with E-state index in [2.05, 4.69) is 49.9 Å². The molecule has 0 N–H and O–H groups in total. The van der Waals surface area contributed by atoms with E-state index in [9.17, 15) is 0 Å². The minimum absolute atomic E-state index is 0.100. The fraction of sp³-hybridized carbons (Fsp3) is 0.636. The summed E-state index contributed by atoms with van der Waals surface area (Å²) in [6, 6.07) is 7.19. The predicted octanol–water partition coefficient (Wildman–Crippen LogP) is 3.02. The summed E-state index contributed by atoms with van der Waals surface area (Å²) in [6.45, 7) is 10.9. The Hall–Kier alpha value is -1.92. The number of anilines is 1. The lowest BCUT2D eigenvalue weighted by Gasteiger charge is -2.40. The summed E-state index contributed by atoms with van der Waals surface area (Å²) in [5.74, 6) is 0.681. The van der Waals surface area contributed by atoms with E-state index in [-0.39, 0.29) is 6.10 Å². The van der Waals surface area contributed by atoms with Crippen molar-refractivity contribution in [1.82, 2.24) is 19.8 Å². The van der Waals surface area contributed by atoms with Gasteiger partial charge in [-0.2, -0.15) is 0 Å². The highest BCUT2D eigenvalue weighted by Crippen LogP contribution is 2.28. The molecule has 2 saturated heterocycles. The fourth-order valence-corrected chi connectivity index (χ4v) is 4.40. The number of benzene rings is 1. The summed E-state index contributed by atoms with van der Waals surface area (Å²) in [4.78, 5) is 16.4. The molecule has 1 atom stereocenters. The second-order valence-electron chi connectivity index (χ2n) is 8.46. The second-order valence-corrected chi connectivity index (χ2v) is 8.46. The molecule has 6 nitrogen and oxygen atoms in total. The van der Waals surface area contributed by atoms with Crippen LogP contribution >= 0.6 is 0 Å². The Kier molecular flexibility index (Phi) is 5.97. The maximum Gasteiger partial charge on any atom is 0.224 e. The molecular weight excluding hydrogens is 350 g/mol. The maximum atomic E-state index is 5.90. The molecule has 3 heterocycles. The minimum atomic E-state index is 0.100.